The number of anilines is 1. The van der Waals surface area contributed by atoms with Crippen molar-refractivity contribution in [1.29, 1.82) is 0 Å². The molecule has 0 saturated carbocycles. The number of hydrogen-bond acceptors (Lipinski definition) is 3. The lowest BCUT2D eigenvalue weighted by atomic mass is 9.87. The fourth-order valence-corrected chi connectivity index (χ4v) is 3.20. The fraction of sp³-hybridized carbons (Fsp3) is 0.600. The summed E-state index contributed by atoms with van der Waals surface area (Å²) in [7, 11) is 2.13. The van der Waals surface area contributed by atoms with E-state index in [-0.39, 0.29) is 6.10 Å². The highest BCUT2D eigenvalue weighted by atomic mass is 16.3. The molecule has 0 aliphatic carbocycles. The van der Waals surface area contributed by atoms with Crippen molar-refractivity contribution in [3.05, 3.63) is 29.3 Å². The van der Waals surface area contributed by atoms with Gasteiger partial charge in [-0.25, -0.2) is 0 Å². The van der Waals surface area contributed by atoms with E-state index in [1.165, 1.54) is 11.3 Å². The zero-order valence-electron chi connectivity index (χ0n) is 11.0. The van der Waals surface area contributed by atoms with Crippen molar-refractivity contribution >= 4 is 5.69 Å². The lowest BCUT2D eigenvalue weighted by Crippen LogP contribution is -2.30. The van der Waals surface area contributed by atoms with E-state index in [1.54, 1.807) is 0 Å². The molecule has 1 aromatic rings. The van der Waals surface area contributed by atoms with E-state index in [4.69, 9.17) is 0 Å². The maximum absolute atomic E-state index is 10.5. The van der Waals surface area contributed by atoms with Crippen molar-refractivity contribution in [2.24, 2.45) is 5.92 Å². The molecule has 2 aliphatic heterocycles. The number of hydrogen-bond donors (Lipinski definition) is 2. The molecule has 3 rings (SSSR count). The Labute approximate surface area is 109 Å². The van der Waals surface area contributed by atoms with Crippen LogP contribution in [-0.4, -0.2) is 31.8 Å². The summed E-state index contributed by atoms with van der Waals surface area (Å²) in [5, 5.41) is 13.9. The second-order valence-corrected chi connectivity index (χ2v) is 5.59. The Kier molecular flexibility index (Phi) is 3.27. The Bertz CT molecular complexity index is 427. The van der Waals surface area contributed by atoms with Gasteiger partial charge in [-0.3, -0.25) is 0 Å². The Morgan fingerprint density at radius 2 is 2.11 bits per heavy atom. The first-order chi connectivity index (χ1) is 8.75. The highest BCUT2D eigenvalue weighted by Crippen LogP contribution is 2.33. The van der Waals surface area contributed by atoms with Gasteiger partial charge >= 0.3 is 0 Å². The van der Waals surface area contributed by atoms with Crippen LogP contribution in [0.4, 0.5) is 5.69 Å². The molecular weight excluding hydrogens is 224 g/mol. The van der Waals surface area contributed by atoms with Crippen LogP contribution in [0.1, 0.15) is 30.1 Å². The molecule has 18 heavy (non-hydrogen) atoms. The van der Waals surface area contributed by atoms with Crippen LogP contribution in [0.15, 0.2) is 18.2 Å². The molecule has 3 nitrogen and oxygen atoms in total. The van der Waals surface area contributed by atoms with E-state index in [1.807, 2.05) is 0 Å². The standard InChI is InChI=1S/C15H22N2O/c1-17-9-6-12-10-13(2-3-14(12)17)15(18)11-4-7-16-8-5-11/h2-3,10-11,15-16,18H,4-9H2,1H3. The van der Waals surface area contributed by atoms with E-state index >= 15 is 0 Å². The number of aliphatic hydroxyl groups excluding tert-OH is 1. The molecular formula is C15H22N2O. The van der Waals surface area contributed by atoms with Gasteiger partial charge in [-0.1, -0.05) is 12.1 Å². The molecule has 98 valence electrons. The zero-order chi connectivity index (χ0) is 12.5. The summed E-state index contributed by atoms with van der Waals surface area (Å²) in [6.07, 6.45) is 2.98. The third-order valence-corrected chi connectivity index (χ3v) is 4.40. The molecule has 1 aromatic carbocycles. The Balaban J connectivity index is 1.79. The van der Waals surface area contributed by atoms with Gasteiger partial charge < -0.3 is 15.3 Å². The average Bonchev–Trinajstić information content (AvgIpc) is 2.80. The molecule has 2 N–H and O–H groups in total. The van der Waals surface area contributed by atoms with E-state index in [0.29, 0.717) is 5.92 Å². The van der Waals surface area contributed by atoms with Crippen LogP contribution in [0.3, 0.4) is 0 Å². The van der Waals surface area contributed by atoms with Crippen molar-refractivity contribution in [1.82, 2.24) is 5.32 Å². The molecule has 3 heteroatoms. The van der Waals surface area contributed by atoms with Crippen LogP contribution < -0.4 is 10.2 Å². The van der Waals surface area contributed by atoms with Gasteiger partial charge in [0.1, 0.15) is 0 Å². The second-order valence-electron chi connectivity index (χ2n) is 5.59. The molecule has 0 amide bonds. The number of piperidine rings is 1. The maximum atomic E-state index is 10.5. The minimum Gasteiger partial charge on any atom is -0.388 e. The van der Waals surface area contributed by atoms with Gasteiger partial charge in [-0.05, 0) is 55.5 Å². The van der Waals surface area contributed by atoms with Gasteiger partial charge in [-0.15, -0.1) is 0 Å². The first kappa shape index (κ1) is 12.0. The highest BCUT2D eigenvalue weighted by molar-refractivity contribution is 5.58. The molecule has 0 spiro atoms. The van der Waals surface area contributed by atoms with Gasteiger partial charge in [0, 0.05) is 19.3 Å². The summed E-state index contributed by atoms with van der Waals surface area (Å²) in [5.74, 6) is 0.420. The lowest BCUT2D eigenvalue weighted by Gasteiger charge is -2.27. The fourth-order valence-electron chi connectivity index (χ4n) is 3.20. The number of benzene rings is 1. The Morgan fingerprint density at radius 3 is 2.89 bits per heavy atom. The van der Waals surface area contributed by atoms with Crippen LogP contribution in [0.2, 0.25) is 0 Å². The summed E-state index contributed by atoms with van der Waals surface area (Å²) in [6.45, 7) is 3.17. The third kappa shape index (κ3) is 2.13. The zero-order valence-corrected chi connectivity index (χ0v) is 11.0. The van der Waals surface area contributed by atoms with Gasteiger partial charge in [0.25, 0.3) is 0 Å². The molecule has 2 aliphatic rings. The summed E-state index contributed by atoms with van der Waals surface area (Å²) >= 11 is 0. The van der Waals surface area contributed by atoms with Crippen molar-refractivity contribution in [2.45, 2.75) is 25.4 Å². The molecule has 1 unspecified atom stereocenters. The van der Waals surface area contributed by atoms with Gasteiger partial charge in [0.2, 0.25) is 0 Å². The molecule has 1 saturated heterocycles. The summed E-state index contributed by atoms with van der Waals surface area (Å²) < 4.78 is 0. The van der Waals surface area contributed by atoms with E-state index in [2.05, 4.69) is 35.5 Å². The van der Waals surface area contributed by atoms with Crippen molar-refractivity contribution in [3.8, 4) is 0 Å². The predicted octanol–water partition coefficient (Wildman–Crippen LogP) is 1.71. The maximum Gasteiger partial charge on any atom is 0.0819 e. The van der Waals surface area contributed by atoms with Crippen LogP contribution in [-0.2, 0) is 6.42 Å². The minimum absolute atomic E-state index is 0.289. The largest absolute Gasteiger partial charge is 0.388 e. The Hall–Kier alpha value is -1.06. The summed E-state index contributed by atoms with van der Waals surface area (Å²) in [5.41, 5.74) is 3.83. The van der Waals surface area contributed by atoms with E-state index in [0.717, 1.165) is 44.5 Å². The Morgan fingerprint density at radius 1 is 1.33 bits per heavy atom. The van der Waals surface area contributed by atoms with Gasteiger partial charge in [0.05, 0.1) is 6.10 Å². The second kappa shape index (κ2) is 4.90. The van der Waals surface area contributed by atoms with Crippen LogP contribution >= 0.6 is 0 Å². The first-order valence-corrected chi connectivity index (χ1v) is 6.98. The molecule has 1 atom stereocenters. The average molecular weight is 246 g/mol. The highest BCUT2D eigenvalue weighted by Gasteiger charge is 2.24. The van der Waals surface area contributed by atoms with Crippen LogP contribution in [0, 0.1) is 5.92 Å². The smallest absolute Gasteiger partial charge is 0.0819 e. The number of nitrogens with one attached hydrogen (secondary N) is 1. The normalized spacial score (nSPS) is 22.0. The lowest BCUT2D eigenvalue weighted by molar-refractivity contribution is 0.0889. The monoisotopic (exact) mass is 246 g/mol. The quantitative estimate of drug-likeness (QED) is 0.834. The number of nitrogens with zero attached hydrogens (tertiary/aromatic N) is 1. The van der Waals surface area contributed by atoms with Crippen molar-refractivity contribution in [2.75, 3.05) is 31.6 Å². The predicted molar refractivity (Wildman–Crippen MR) is 74.0 cm³/mol. The SMILES string of the molecule is CN1CCc2cc(C(O)C3CCNCC3)ccc21. The van der Waals surface area contributed by atoms with E-state index < -0.39 is 0 Å². The molecule has 2 heterocycles. The van der Waals surface area contributed by atoms with Gasteiger partial charge in [0.15, 0.2) is 0 Å². The summed E-state index contributed by atoms with van der Waals surface area (Å²) in [6, 6.07) is 6.49. The molecule has 0 radical (unpaired) electrons. The minimum atomic E-state index is -0.289. The number of likely N-dealkylation sites (N-methyl/N-ethyl adjacent to an activating group) is 1. The van der Waals surface area contributed by atoms with Crippen LogP contribution in [0.5, 0.6) is 0 Å². The molecule has 1 fully saturated rings. The molecule has 0 aromatic heterocycles. The van der Waals surface area contributed by atoms with Crippen molar-refractivity contribution < 1.29 is 5.11 Å². The number of fused-ring (bicyclic) bond motifs is 1. The first-order valence-electron chi connectivity index (χ1n) is 6.98. The van der Waals surface area contributed by atoms with E-state index in [9.17, 15) is 5.11 Å². The summed E-state index contributed by atoms with van der Waals surface area (Å²) in [4.78, 5) is 2.29. The topological polar surface area (TPSA) is 35.5 Å². The molecule has 0 bridgehead atoms. The third-order valence-electron chi connectivity index (χ3n) is 4.40. The van der Waals surface area contributed by atoms with Crippen LogP contribution in [0.25, 0.3) is 0 Å². The van der Waals surface area contributed by atoms with Gasteiger partial charge in [-0.2, -0.15) is 0 Å². The van der Waals surface area contributed by atoms with Crippen molar-refractivity contribution in [3.63, 3.8) is 0 Å². The number of aliphatic hydroxyl groups is 1. The number of rotatable bonds is 2.